The summed E-state index contributed by atoms with van der Waals surface area (Å²) in [6.45, 7) is 3.22. The first-order valence-electron chi connectivity index (χ1n) is 7.08. The lowest BCUT2D eigenvalue weighted by atomic mass is 10.00. The number of carbonyl (C=O) groups is 1. The Balaban J connectivity index is 1.77. The molecule has 1 aliphatic rings. The van der Waals surface area contributed by atoms with Crippen molar-refractivity contribution in [3.63, 3.8) is 0 Å². The fourth-order valence-electron chi connectivity index (χ4n) is 2.87. The smallest absolute Gasteiger partial charge is 0.164 e. The lowest BCUT2D eigenvalue weighted by Crippen LogP contribution is -2.22. The van der Waals surface area contributed by atoms with Crippen LogP contribution in [0.4, 0.5) is 0 Å². The highest BCUT2D eigenvalue weighted by atomic mass is 16.1. The quantitative estimate of drug-likeness (QED) is 0.777. The predicted octanol–water partition coefficient (Wildman–Crippen LogP) is 3.51. The highest BCUT2D eigenvalue weighted by Gasteiger charge is 2.14. The van der Waals surface area contributed by atoms with Crippen LogP contribution in [0.1, 0.15) is 29.6 Å². The highest BCUT2D eigenvalue weighted by molar-refractivity contribution is 6.08. The van der Waals surface area contributed by atoms with Gasteiger partial charge in [0.15, 0.2) is 5.78 Å². The van der Waals surface area contributed by atoms with Gasteiger partial charge in [0.05, 0.1) is 0 Å². The minimum absolute atomic E-state index is 0.267. The van der Waals surface area contributed by atoms with Crippen molar-refractivity contribution in [2.24, 2.45) is 0 Å². The van der Waals surface area contributed by atoms with Gasteiger partial charge in [0.1, 0.15) is 0 Å². The van der Waals surface area contributed by atoms with Crippen molar-refractivity contribution < 1.29 is 4.79 Å². The highest BCUT2D eigenvalue weighted by Crippen LogP contribution is 2.20. The van der Waals surface area contributed by atoms with E-state index in [2.05, 4.69) is 17.0 Å². The molecule has 0 aliphatic carbocycles. The Morgan fingerprint density at radius 1 is 1.00 bits per heavy atom. The molecule has 0 N–H and O–H groups in total. The number of Topliss-reactive ketones (excluding diaryl/α,β-unsaturated/α-hetero) is 1. The number of benzene rings is 2. The number of hydrogen-bond acceptors (Lipinski definition) is 2. The van der Waals surface area contributed by atoms with Crippen molar-refractivity contribution in [2.45, 2.75) is 19.3 Å². The van der Waals surface area contributed by atoms with Crippen LogP contribution in [0, 0.1) is 0 Å². The normalized spacial score (nSPS) is 16.0. The largest absolute Gasteiger partial charge is 0.303 e. The van der Waals surface area contributed by atoms with Crippen LogP contribution < -0.4 is 0 Å². The lowest BCUT2D eigenvalue weighted by molar-refractivity contribution is 0.0970. The van der Waals surface area contributed by atoms with Crippen molar-refractivity contribution in [2.75, 3.05) is 19.6 Å². The summed E-state index contributed by atoms with van der Waals surface area (Å²) in [5.74, 6) is 0.267. The molecule has 0 unspecified atom stereocenters. The monoisotopic (exact) mass is 253 g/mol. The van der Waals surface area contributed by atoms with Gasteiger partial charge in [-0.1, -0.05) is 42.5 Å². The van der Waals surface area contributed by atoms with E-state index in [0.29, 0.717) is 6.42 Å². The summed E-state index contributed by atoms with van der Waals surface area (Å²) in [5.41, 5.74) is 0.872. The van der Waals surface area contributed by atoms with E-state index < -0.39 is 0 Å². The second-order valence-electron chi connectivity index (χ2n) is 5.25. The van der Waals surface area contributed by atoms with Gasteiger partial charge in [0.25, 0.3) is 0 Å². The third-order valence-electron chi connectivity index (χ3n) is 3.94. The van der Waals surface area contributed by atoms with Crippen molar-refractivity contribution in [3.05, 3.63) is 48.0 Å². The van der Waals surface area contributed by atoms with Crippen molar-refractivity contribution in [1.29, 1.82) is 0 Å². The molecular formula is C17H19NO. The summed E-state index contributed by atoms with van der Waals surface area (Å²) in [5, 5.41) is 2.23. The maximum atomic E-state index is 12.4. The number of hydrogen-bond donors (Lipinski definition) is 0. The van der Waals surface area contributed by atoms with Gasteiger partial charge in [-0.3, -0.25) is 4.79 Å². The Bertz CT molecular complexity index is 579. The number of nitrogens with zero attached hydrogens (tertiary/aromatic N) is 1. The average Bonchev–Trinajstić information content (AvgIpc) is 2.97. The molecule has 2 aromatic carbocycles. The molecule has 0 atom stereocenters. The number of ketones is 1. The first-order valence-corrected chi connectivity index (χ1v) is 7.08. The molecule has 0 bridgehead atoms. The third kappa shape index (κ3) is 2.69. The maximum Gasteiger partial charge on any atom is 0.164 e. The summed E-state index contributed by atoms with van der Waals surface area (Å²) >= 11 is 0. The van der Waals surface area contributed by atoms with E-state index in [1.54, 1.807) is 0 Å². The number of fused-ring (bicyclic) bond motifs is 1. The van der Waals surface area contributed by atoms with Gasteiger partial charge in [-0.15, -0.1) is 0 Å². The lowest BCUT2D eigenvalue weighted by Gasteiger charge is -2.14. The second-order valence-corrected chi connectivity index (χ2v) is 5.25. The average molecular weight is 253 g/mol. The minimum atomic E-state index is 0.267. The van der Waals surface area contributed by atoms with Gasteiger partial charge in [-0.25, -0.2) is 0 Å². The van der Waals surface area contributed by atoms with E-state index in [4.69, 9.17) is 0 Å². The second kappa shape index (κ2) is 5.54. The van der Waals surface area contributed by atoms with Crippen molar-refractivity contribution in [1.82, 2.24) is 4.90 Å². The molecule has 0 aromatic heterocycles. The summed E-state index contributed by atoms with van der Waals surface area (Å²) in [4.78, 5) is 14.8. The fourth-order valence-corrected chi connectivity index (χ4v) is 2.87. The molecule has 0 spiro atoms. The molecule has 1 aliphatic heterocycles. The van der Waals surface area contributed by atoms with Gasteiger partial charge in [-0.05, 0) is 36.7 Å². The van der Waals surface area contributed by atoms with E-state index in [1.165, 1.54) is 12.8 Å². The van der Waals surface area contributed by atoms with E-state index in [1.807, 2.05) is 30.3 Å². The number of rotatable bonds is 4. The van der Waals surface area contributed by atoms with E-state index in [-0.39, 0.29) is 5.78 Å². The zero-order chi connectivity index (χ0) is 13.1. The van der Waals surface area contributed by atoms with E-state index in [9.17, 15) is 4.79 Å². The van der Waals surface area contributed by atoms with Crippen molar-refractivity contribution in [3.8, 4) is 0 Å². The van der Waals surface area contributed by atoms with Gasteiger partial charge in [0, 0.05) is 18.5 Å². The van der Waals surface area contributed by atoms with Crippen molar-refractivity contribution >= 4 is 16.6 Å². The summed E-state index contributed by atoms with van der Waals surface area (Å²) < 4.78 is 0. The third-order valence-corrected chi connectivity index (χ3v) is 3.94. The predicted molar refractivity (Wildman–Crippen MR) is 78.6 cm³/mol. The zero-order valence-corrected chi connectivity index (χ0v) is 11.1. The Hall–Kier alpha value is -1.67. The molecule has 3 rings (SSSR count). The van der Waals surface area contributed by atoms with Gasteiger partial charge in [0.2, 0.25) is 0 Å². The molecule has 0 saturated carbocycles. The van der Waals surface area contributed by atoms with Crippen LogP contribution in [0.3, 0.4) is 0 Å². The SMILES string of the molecule is O=C(CCN1CCCC1)c1cccc2ccccc12. The molecule has 2 nitrogen and oxygen atoms in total. The number of carbonyl (C=O) groups excluding carboxylic acids is 1. The molecule has 0 radical (unpaired) electrons. The zero-order valence-electron chi connectivity index (χ0n) is 11.1. The van der Waals surface area contributed by atoms with Gasteiger partial charge in [-0.2, -0.15) is 0 Å². The molecule has 0 amide bonds. The molecule has 1 heterocycles. The van der Waals surface area contributed by atoms with Crippen LogP contribution >= 0.6 is 0 Å². The summed E-state index contributed by atoms with van der Waals surface area (Å²) in [6, 6.07) is 14.1. The molecule has 1 fully saturated rings. The fraction of sp³-hybridized carbons (Fsp3) is 0.353. The van der Waals surface area contributed by atoms with E-state index >= 15 is 0 Å². The minimum Gasteiger partial charge on any atom is -0.303 e. The van der Waals surface area contributed by atoms with Crippen LogP contribution in [0.2, 0.25) is 0 Å². The molecule has 1 saturated heterocycles. The Labute approximate surface area is 114 Å². The van der Waals surface area contributed by atoms with Crippen LogP contribution in [-0.2, 0) is 0 Å². The Morgan fingerprint density at radius 2 is 1.74 bits per heavy atom. The topological polar surface area (TPSA) is 20.3 Å². The van der Waals surface area contributed by atoms with Crippen LogP contribution in [0.15, 0.2) is 42.5 Å². The van der Waals surface area contributed by atoms with Crippen LogP contribution in [-0.4, -0.2) is 30.3 Å². The van der Waals surface area contributed by atoms with E-state index in [0.717, 1.165) is 36.0 Å². The van der Waals surface area contributed by atoms with Crippen LogP contribution in [0.5, 0.6) is 0 Å². The van der Waals surface area contributed by atoms with Crippen LogP contribution in [0.25, 0.3) is 10.8 Å². The molecule has 2 aromatic rings. The first-order chi connectivity index (χ1) is 9.34. The molecule has 2 heteroatoms. The maximum absolute atomic E-state index is 12.4. The van der Waals surface area contributed by atoms with Gasteiger partial charge < -0.3 is 4.90 Å². The Kier molecular flexibility index (Phi) is 3.60. The number of likely N-dealkylation sites (tertiary alicyclic amines) is 1. The first kappa shape index (κ1) is 12.4. The molecule has 19 heavy (non-hydrogen) atoms. The van der Waals surface area contributed by atoms with Gasteiger partial charge >= 0.3 is 0 Å². The summed E-state index contributed by atoms with van der Waals surface area (Å²) in [6.07, 6.45) is 3.19. The summed E-state index contributed by atoms with van der Waals surface area (Å²) in [7, 11) is 0. The standard InChI is InChI=1S/C17H19NO/c19-17(10-13-18-11-3-4-12-18)16-9-5-7-14-6-1-2-8-15(14)16/h1-2,5-9H,3-4,10-13H2. The Morgan fingerprint density at radius 3 is 2.58 bits per heavy atom. The molecular weight excluding hydrogens is 234 g/mol. The molecule has 98 valence electrons.